The monoisotopic (exact) mass is 419 g/mol. The number of piperidine rings is 1. The molecular weight excluding hydrogens is 399 g/mol. The lowest BCUT2D eigenvalue weighted by Gasteiger charge is -2.33. The van der Waals surface area contributed by atoms with Crippen molar-refractivity contribution in [1.29, 1.82) is 0 Å². The summed E-state index contributed by atoms with van der Waals surface area (Å²) in [7, 11) is 0. The number of fused-ring (bicyclic) bond motifs is 1. The highest BCUT2D eigenvalue weighted by Crippen LogP contribution is 2.32. The molecule has 0 bridgehead atoms. The molecule has 0 atom stereocenters. The minimum atomic E-state index is -4.31. The number of ketones is 1. The summed E-state index contributed by atoms with van der Waals surface area (Å²) in [5.41, 5.74) is 0.170. The van der Waals surface area contributed by atoms with Crippen molar-refractivity contribution >= 4 is 32.9 Å². The van der Waals surface area contributed by atoms with Crippen LogP contribution in [0.4, 0.5) is 18.9 Å². The van der Waals surface area contributed by atoms with Gasteiger partial charge in [-0.3, -0.25) is 4.79 Å². The molecule has 0 amide bonds. The number of halogens is 3. The third-order valence-corrected chi connectivity index (χ3v) is 6.36. The Bertz CT molecular complexity index is 1020. The fraction of sp³-hybridized carbons (Fsp3) is 0.318. The van der Waals surface area contributed by atoms with Crippen molar-refractivity contribution in [1.82, 2.24) is 0 Å². The van der Waals surface area contributed by atoms with Crippen molar-refractivity contribution < 1.29 is 22.7 Å². The Morgan fingerprint density at radius 2 is 1.76 bits per heavy atom. The number of ether oxygens (including phenoxy) is 1. The Morgan fingerprint density at radius 3 is 2.38 bits per heavy atom. The number of thiophene rings is 1. The molecule has 0 radical (unpaired) electrons. The average Bonchev–Trinajstić information content (AvgIpc) is 3.12. The van der Waals surface area contributed by atoms with Crippen molar-refractivity contribution in [2.24, 2.45) is 0 Å². The molecule has 152 valence electrons. The quantitative estimate of drug-likeness (QED) is 0.474. The van der Waals surface area contributed by atoms with Gasteiger partial charge in [0.05, 0.1) is 10.4 Å². The summed E-state index contributed by atoms with van der Waals surface area (Å²) in [4.78, 5) is 14.4. The van der Waals surface area contributed by atoms with Crippen molar-refractivity contribution in [3.8, 4) is 5.75 Å². The predicted octanol–water partition coefficient (Wildman–Crippen LogP) is 6.17. The largest absolute Gasteiger partial charge is 0.490 e. The van der Waals surface area contributed by atoms with Crippen LogP contribution in [-0.2, 0) is 6.18 Å². The number of nitrogens with zero attached hydrogens (tertiary/aromatic N) is 1. The number of hydrogen-bond acceptors (Lipinski definition) is 4. The lowest BCUT2D eigenvalue weighted by molar-refractivity contribution is -0.137. The molecule has 7 heteroatoms. The topological polar surface area (TPSA) is 29.5 Å². The van der Waals surface area contributed by atoms with Crippen LogP contribution in [0.25, 0.3) is 10.1 Å². The molecule has 0 unspecified atom stereocenters. The standard InChI is InChI=1S/C22H20F3NO2S/c1-14(27)21-13-15-12-19(6-7-20(15)29-21)28-18-8-10-26(11-9-18)17-4-2-16(3-5-17)22(23,24)25/h2-7,12-13,18H,8-11H2,1H3. The second-order valence-electron chi connectivity index (χ2n) is 7.22. The number of anilines is 1. The molecule has 2 aromatic carbocycles. The van der Waals surface area contributed by atoms with Crippen LogP contribution in [0.15, 0.2) is 48.5 Å². The van der Waals surface area contributed by atoms with Crippen LogP contribution in [0.3, 0.4) is 0 Å². The van der Waals surface area contributed by atoms with Gasteiger partial charge in [-0.15, -0.1) is 11.3 Å². The number of hydrogen-bond donors (Lipinski definition) is 0. The highest BCUT2D eigenvalue weighted by molar-refractivity contribution is 7.20. The summed E-state index contributed by atoms with van der Waals surface area (Å²) in [5, 5.41) is 1.000. The van der Waals surface area contributed by atoms with Gasteiger partial charge >= 0.3 is 6.18 Å². The summed E-state index contributed by atoms with van der Waals surface area (Å²) in [5.74, 6) is 0.836. The average molecular weight is 419 g/mol. The minimum absolute atomic E-state index is 0.0593. The van der Waals surface area contributed by atoms with E-state index in [0.717, 1.165) is 64.5 Å². The first-order valence-electron chi connectivity index (χ1n) is 9.43. The van der Waals surface area contributed by atoms with E-state index in [4.69, 9.17) is 4.74 Å². The van der Waals surface area contributed by atoms with Gasteiger partial charge in [-0.05, 0) is 60.8 Å². The van der Waals surface area contributed by atoms with Crippen molar-refractivity contribution in [3.05, 3.63) is 59.0 Å². The highest BCUT2D eigenvalue weighted by Gasteiger charge is 2.30. The van der Waals surface area contributed by atoms with Crippen LogP contribution in [0.1, 0.15) is 35.0 Å². The second kappa shape index (κ2) is 7.71. The van der Waals surface area contributed by atoms with E-state index in [1.54, 1.807) is 6.92 Å². The van der Waals surface area contributed by atoms with Gasteiger partial charge in [0.1, 0.15) is 11.9 Å². The summed E-state index contributed by atoms with van der Waals surface area (Å²) in [6.07, 6.45) is -2.67. The minimum Gasteiger partial charge on any atom is -0.490 e. The van der Waals surface area contributed by atoms with E-state index in [1.807, 2.05) is 24.3 Å². The number of carbonyl (C=O) groups is 1. The number of rotatable bonds is 4. The summed E-state index contributed by atoms with van der Waals surface area (Å²) in [6, 6.07) is 13.1. The maximum atomic E-state index is 12.7. The smallest absolute Gasteiger partial charge is 0.416 e. The molecule has 0 saturated carbocycles. The molecule has 1 fully saturated rings. The number of Topliss-reactive ketones (excluding diaryl/α,β-unsaturated/α-hetero) is 1. The van der Waals surface area contributed by atoms with Gasteiger partial charge in [0.15, 0.2) is 5.78 Å². The molecule has 3 aromatic rings. The van der Waals surface area contributed by atoms with Gasteiger partial charge in [0, 0.05) is 36.3 Å². The molecule has 29 heavy (non-hydrogen) atoms. The molecule has 0 N–H and O–H groups in total. The highest BCUT2D eigenvalue weighted by atomic mass is 32.1. The third-order valence-electron chi connectivity index (χ3n) is 5.14. The zero-order valence-corrected chi connectivity index (χ0v) is 16.6. The first-order chi connectivity index (χ1) is 13.8. The molecule has 0 aliphatic carbocycles. The number of alkyl halides is 3. The first kappa shape index (κ1) is 19.8. The van der Waals surface area contributed by atoms with E-state index < -0.39 is 11.7 Å². The second-order valence-corrected chi connectivity index (χ2v) is 8.30. The molecule has 1 aliphatic heterocycles. The van der Waals surface area contributed by atoms with Crippen LogP contribution in [-0.4, -0.2) is 25.0 Å². The molecule has 1 saturated heterocycles. The van der Waals surface area contributed by atoms with Crippen molar-refractivity contribution in [2.45, 2.75) is 32.0 Å². The van der Waals surface area contributed by atoms with Gasteiger partial charge in [-0.1, -0.05) is 0 Å². The van der Waals surface area contributed by atoms with Gasteiger partial charge in [-0.2, -0.15) is 13.2 Å². The van der Waals surface area contributed by atoms with Crippen LogP contribution < -0.4 is 9.64 Å². The van der Waals surface area contributed by atoms with Crippen LogP contribution in [0.2, 0.25) is 0 Å². The molecular formula is C22H20F3NO2S. The van der Waals surface area contributed by atoms with Gasteiger partial charge in [-0.25, -0.2) is 0 Å². The van der Waals surface area contributed by atoms with E-state index in [9.17, 15) is 18.0 Å². The summed E-state index contributed by atoms with van der Waals surface area (Å²) >= 11 is 1.48. The third kappa shape index (κ3) is 4.40. The first-order valence-corrected chi connectivity index (χ1v) is 10.2. The fourth-order valence-electron chi connectivity index (χ4n) is 3.55. The zero-order valence-electron chi connectivity index (χ0n) is 15.8. The number of benzene rings is 2. The predicted molar refractivity (Wildman–Crippen MR) is 109 cm³/mol. The Hall–Kier alpha value is -2.54. The van der Waals surface area contributed by atoms with Gasteiger partial charge in [0.25, 0.3) is 0 Å². The van der Waals surface area contributed by atoms with Crippen molar-refractivity contribution in [3.63, 3.8) is 0 Å². The van der Waals surface area contributed by atoms with Crippen LogP contribution in [0, 0.1) is 0 Å². The molecule has 3 nitrogen and oxygen atoms in total. The van der Waals surface area contributed by atoms with E-state index in [-0.39, 0.29) is 11.9 Å². The van der Waals surface area contributed by atoms with Crippen LogP contribution in [0.5, 0.6) is 5.75 Å². The SMILES string of the molecule is CC(=O)c1cc2cc(OC3CCN(c4ccc(C(F)(F)F)cc4)CC3)ccc2s1. The van der Waals surface area contributed by atoms with Crippen LogP contribution >= 0.6 is 11.3 Å². The Morgan fingerprint density at radius 1 is 1.07 bits per heavy atom. The Balaban J connectivity index is 1.37. The summed E-state index contributed by atoms with van der Waals surface area (Å²) in [6.45, 7) is 3.02. The lowest BCUT2D eigenvalue weighted by atomic mass is 10.1. The molecule has 1 aliphatic rings. The molecule has 0 spiro atoms. The molecule has 1 aromatic heterocycles. The van der Waals surface area contributed by atoms with E-state index in [0.29, 0.717) is 0 Å². The van der Waals surface area contributed by atoms with E-state index >= 15 is 0 Å². The lowest BCUT2D eigenvalue weighted by Crippen LogP contribution is -2.38. The maximum Gasteiger partial charge on any atom is 0.416 e. The summed E-state index contributed by atoms with van der Waals surface area (Å²) < 4.78 is 45.3. The van der Waals surface area contributed by atoms with E-state index in [1.165, 1.54) is 23.5 Å². The Kier molecular flexibility index (Phi) is 5.25. The Labute approximate surface area is 170 Å². The van der Waals surface area contributed by atoms with E-state index in [2.05, 4.69) is 4.90 Å². The van der Waals surface area contributed by atoms with Crippen molar-refractivity contribution in [2.75, 3.05) is 18.0 Å². The maximum absolute atomic E-state index is 12.7. The zero-order chi connectivity index (χ0) is 20.6. The molecule has 2 heterocycles. The molecule has 4 rings (SSSR count). The number of carbonyl (C=O) groups excluding carboxylic acids is 1. The normalized spacial score (nSPS) is 15.7. The van der Waals surface area contributed by atoms with Gasteiger partial charge in [0.2, 0.25) is 0 Å². The fourth-order valence-corrected chi connectivity index (χ4v) is 4.49. The van der Waals surface area contributed by atoms with Gasteiger partial charge < -0.3 is 9.64 Å².